The quantitative estimate of drug-likeness (QED) is 0.0350. The molecule has 6 aromatic heterocycles. The van der Waals surface area contributed by atoms with Crippen molar-refractivity contribution in [1.29, 1.82) is 0 Å². The highest BCUT2D eigenvalue weighted by Crippen LogP contribution is 2.37. The second-order valence-electron chi connectivity index (χ2n) is 19.9. The average molecular weight is 1280 g/mol. The molecule has 0 atom stereocenters. The van der Waals surface area contributed by atoms with Gasteiger partial charge in [0.2, 0.25) is 12.4 Å². The van der Waals surface area contributed by atoms with Crippen LogP contribution in [0.5, 0.6) is 34.5 Å². The van der Waals surface area contributed by atoms with Crippen LogP contribution in [0.3, 0.4) is 0 Å². The molecule has 3 fully saturated rings. The van der Waals surface area contributed by atoms with E-state index in [2.05, 4.69) is 19.9 Å². The van der Waals surface area contributed by atoms with Gasteiger partial charge in [-0.3, -0.25) is 9.59 Å². The van der Waals surface area contributed by atoms with Crippen LogP contribution in [-0.4, -0.2) is 108 Å². The zero-order valence-electron chi connectivity index (χ0n) is 46.3. The second-order valence-corrected chi connectivity index (χ2v) is 22.4. The molecule has 3 saturated carbocycles. The number of aromatic carboxylic acids is 1. The van der Waals surface area contributed by atoms with Gasteiger partial charge >= 0.3 is 12.1 Å². The maximum Gasteiger partial charge on any atom is 0.434 e. The Morgan fingerprint density at radius 1 is 0.631 bits per heavy atom. The van der Waals surface area contributed by atoms with Crippen LogP contribution in [0.4, 0.5) is 10.5 Å². The number of carbonyl (C=O) groups excluding carboxylic acids is 3. The Labute approximate surface area is 512 Å². The molecule has 450 valence electrons. The Morgan fingerprint density at radius 2 is 1.01 bits per heavy atom. The predicted octanol–water partition coefficient (Wildman–Crippen LogP) is 10.8. The molecular formula is C55H58Cl6N8O15. The van der Waals surface area contributed by atoms with E-state index >= 15 is 0 Å². The summed E-state index contributed by atoms with van der Waals surface area (Å²) in [5.41, 5.74) is 0.293. The molecule has 6 aromatic rings. The molecule has 9 rings (SSSR count). The van der Waals surface area contributed by atoms with E-state index in [1.807, 2.05) is 0 Å². The molecule has 23 nitrogen and oxygen atoms in total. The zero-order valence-corrected chi connectivity index (χ0v) is 50.8. The van der Waals surface area contributed by atoms with Crippen LogP contribution in [0.1, 0.15) is 96.3 Å². The lowest BCUT2D eigenvalue weighted by Crippen LogP contribution is -2.31. The van der Waals surface area contributed by atoms with Crippen LogP contribution in [0, 0.1) is 28.2 Å². The third-order valence-electron chi connectivity index (χ3n) is 11.9. The Bertz CT molecular complexity index is 3360. The average Bonchev–Trinajstić information content (AvgIpc) is 4.16. The first kappa shape index (κ1) is 65.9. The minimum atomic E-state index is -1.07. The minimum Gasteiger partial charge on any atom is -0.619 e. The van der Waals surface area contributed by atoms with Gasteiger partial charge in [0.25, 0.3) is 5.91 Å². The summed E-state index contributed by atoms with van der Waals surface area (Å²) < 4.78 is 39.2. The fourth-order valence-corrected chi connectivity index (χ4v) is 8.78. The molecule has 0 bridgehead atoms. The molecule has 3 aliphatic rings. The molecule has 3 aliphatic carbocycles. The Kier molecular flexibility index (Phi) is 23.5. The maximum atomic E-state index is 12.8. The lowest BCUT2D eigenvalue weighted by Gasteiger charge is -2.19. The van der Waals surface area contributed by atoms with Gasteiger partial charge in [-0.15, -0.1) is 0 Å². The number of ether oxygens (including phenoxy) is 7. The summed E-state index contributed by atoms with van der Waals surface area (Å²) in [6, 6.07) is 4.48. The monoisotopic (exact) mass is 1280 g/mol. The molecule has 84 heavy (non-hydrogen) atoms. The maximum absolute atomic E-state index is 12.8. The molecule has 0 saturated heterocycles. The van der Waals surface area contributed by atoms with Crippen LogP contribution < -0.4 is 48.1 Å². The molecule has 2 amide bonds. The molecule has 29 heteroatoms. The number of aromatic nitrogens is 6. The van der Waals surface area contributed by atoms with Gasteiger partial charge in [-0.1, -0.05) is 69.6 Å². The number of anilines is 1. The highest BCUT2D eigenvalue weighted by Gasteiger charge is 2.28. The number of carboxylic acid groups (broad SMARTS) is 1. The van der Waals surface area contributed by atoms with Crippen molar-refractivity contribution in [2.75, 3.05) is 53.1 Å². The van der Waals surface area contributed by atoms with Crippen LogP contribution in [0.2, 0.25) is 30.1 Å². The van der Waals surface area contributed by atoms with Gasteiger partial charge in [0.05, 0.1) is 87.9 Å². The Morgan fingerprint density at radius 3 is 1.40 bits per heavy atom. The number of halogens is 6. The molecule has 0 unspecified atom stereocenters. The van der Waals surface area contributed by atoms with Crippen molar-refractivity contribution in [2.45, 2.75) is 71.3 Å². The number of nitrogens with zero attached hydrogens (tertiary/aromatic N) is 8. The number of pyridine rings is 6. The highest BCUT2D eigenvalue weighted by atomic mass is 35.5. The number of hydrogen-bond acceptors (Lipinski definition) is 17. The van der Waals surface area contributed by atoms with E-state index in [4.69, 9.17) is 113 Å². The van der Waals surface area contributed by atoms with Crippen LogP contribution in [-0.2, 0) is 11.2 Å². The van der Waals surface area contributed by atoms with Crippen molar-refractivity contribution in [3.8, 4) is 34.5 Å². The fourth-order valence-electron chi connectivity index (χ4n) is 6.96. The molecular weight excluding hydrogens is 1230 g/mol. The SMILES string of the molecule is CC(C)(C)OC(=O)N=c1c(Cl)cn(O)cc1Cl.COc1cnc(C(=O)Cc2c(Cl)c[n+]([O-])cc2Cl)cc1OCC1CC1.COc1cnc(C(=O)N(C)c2c(Cl)c[n+]([O-])cc2Cl)cc1OCC1CC1.COc1cnc(C(=O)O)cc1OCC1CC1. The standard InChI is InChI=1S/C17H17Cl2N3O4.C17H16Cl2N2O4.C11H13NO4.C10H12Cl2N2O3/c1-21(16-11(18)7-22(24)8-12(16)19)17(23)13-5-14(15(25-2)6-20-13)26-9-10-3-4-10;1-24-17-6-20-14(5-16(17)25-9-10-2-3-10)15(22)4-11-12(18)7-21(23)8-13(11)19;1-15-10-5-12-8(11(13)14)4-9(10)16-6-7-2-3-7;1-10(2,3)17-9(15)13-8-6(11)4-14(16)5-7(8)12/h5-8,10H,3-4,9H2,1-2H3;5-8,10H,2-4,9H2,1H3;4-5,7H,2-3,6H2,1H3,(H,13,14);4-5,16H,1-3H3. The third-order valence-corrected chi connectivity index (χ3v) is 13.7. The van der Waals surface area contributed by atoms with Gasteiger partial charge < -0.3 is 58.8 Å². The van der Waals surface area contributed by atoms with Gasteiger partial charge in [-0.05, 0) is 77.0 Å². The number of amides is 2. The first-order chi connectivity index (χ1) is 39.8. The van der Waals surface area contributed by atoms with Crippen LogP contribution >= 0.6 is 69.6 Å². The number of carboxylic acids is 1. The fraction of sp³-hybridized carbons (Fsp3) is 0.382. The molecule has 0 radical (unpaired) electrons. The van der Waals surface area contributed by atoms with E-state index in [9.17, 15) is 29.6 Å². The van der Waals surface area contributed by atoms with E-state index in [-0.39, 0.29) is 70.5 Å². The molecule has 0 aromatic carbocycles. The van der Waals surface area contributed by atoms with Gasteiger partial charge in [0, 0.05) is 37.2 Å². The topological polar surface area (TPSA) is 286 Å². The van der Waals surface area contributed by atoms with Gasteiger partial charge in [-0.25, -0.2) is 24.5 Å². The van der Waals surface area contributed by atoms with Gasteiger partial charge in [-0.2, -0.15) is 19.2 Å². The van der Waals surface area contributed by atoms with Crippen LogP contribution in [0.15, 0.2) is 79.0 Å². The number of carbonyl (C=O) groups is 4. The number of hydrogen-bond donors (Lipinski definition) is 2. The number of ketones is 1. The molecule has 0 spiro atoms. The van der Waals surface area contributed by atoms with E-state index in [0.29, 0.717) is 91.8 Å². The van der Waals surface area contributed by atoms with Crippen LogP contribution in [0.25, 0.3) is 0 Å². The minimum absolute atomic E-state index is 0.0356. The summed E-state index contributed by atoms with van der Waals surface area (Å²) in [6.45, 7) is 6.93. The number of methoxy groups -OCH3 is 3. The Balaban J connectivity index is 0.000000184. The van der Waals surface area contributed by atoms with Crippen molar-refractivity contribution < 1.29 is 72.1 Å². The van der Waals surface area contributed by atoms with Crippen molar-refractivity contribution >= 4 is 99.0 Å². The third kappa shape index (κ3) is 19.9. The molecule has 0 aliphatic heterocycles. The van der Waals surface area contributed by atoms with Gasteiger partial charge in [0.1, 0.15) is 42.4 Å². The smallest absolute Gasteiger partial charge is 0.434 e. The zero-order chi connectivity index (χ0) is 61.6. The van der Waals surface area contributed by atoms with E-state index in [1.54, 1.807) is 26.8 Å². The summed E-state index contributed by atoms with van der Waals surface area (Å²) in [6.07, 6.45) is 17.2. The number of rotatable bonds is 18. The van der Waals surface area contributed by atoms with Crippen molar-refractivity contribution in [1.82, 2.24) is 19.7 Å². The van der Waals surface area contributed by atoms with Gasteiger partial charge in [0.15, 0.2) is 58.4 Å². The largest absolute Gasteiger partial charge is 0.619 e. The highest BCUT2D eigenvalue weighted by molar-refractivity contribution is 6.40. The molecule has 2 N–H and O–H groups in total. The van der Waals surface area contributed by atoms with Crippen molar-refractivity contribution in [3.05, 3.63) is 143 Å². The van der Waals surface area contributed by atoms with E-state index < -0.39 is 23.6 Å². The second kappa shape index (κ2) is 30.0. The summed E-state index contributed by atoms with van der Waals surface area (Å²) >= 11 is 35.7. The summed E-state index contributed by atoms with van der Waals surface area (Å²) in [5.74, 6) is 2.69. The summed E-state index contributed by atoms with van der Waals surface area (Å²) in [4.78, 5) is 64.4. The lowest BCUT2D eigenvalue weighted by atomic mass is 10.1. The Hall–Kier alpha value is -7.28. The van der Waals surface area contributed by atoms with Crippen molar-refractivity contribution in [2.24, 2.45) is 22.7 Å². The predicted molar refractivity (Wildman–Crippen MR) is 309 cm³/mol. The van der Waals surface area contributed by atoms with Crippen molar-refractivity contribution in [3.63, 3.8) is 0 Å². The first-order valence-electron chi connectivity index (χ1n) is 25.5. The lowest BCUT2D eigenvalue weighted by molar-refractivity contribution is -0.605. The van der Waals surface area contributed by atoms with E-state index in [1.165, 1.54) is 76.8 Å². The van der Waals surface area contributed by atoms with E-state index in [0.717, 1.165) is 62.9 Å². The molecule has 6 heterocycles. The number of Topliss-reactive ketones (excluding diaryl/α,β-unsaturated/α-hetero) is 1. The summed E-state index contributed by atoms with van der Waals surface area (Å²) in [7, 11) is 6.03. The first-order valence-corrected chi connectivity index (χ1v) is 27.8. The normalized spacial score (nSPS) is 13.2. The summed E-state index contributed by atoms with van der Waals surface area (Å²) in [5, 5.41) is 41.1.